The summed E-state index contributed by atoms with van der Waals surface area (Å²) in [6, 6.07) is 21.2. The van der Waals surface area contributed by atoms with E-state index in [2.05, 4.69) is 5.32 Å². The summed E-state index contributed by atoms with van der Waals surface area (Å²) in [5, 5.41) is 12.0. The maximum Gasteiger partial charge on any atom is 0.416 e. The van der Waals surface area contributed by atoms with Crippen molar-refractivity contribution in [2.45, 2.75) is 44.2 Å². The van der Waals surface area contributed by atoms with Crippen molar-refractivity contribution in [1.29, 1.82) is 5.26 Å². The summed E-state index contributed by atoms with van der Waals surface area (Å²) in [4.78, 5) is 28.2. The Balaban J connectivity index is 1.71. The van der Waals surface area contributed by atoms with Gasteiger partial charge in [-0.1, -0.05) is 79.7 Å². The SMILES string of the molecule is CC(C)c1ccc(N2C(=O)C(Cc3cc(C(F)(F)F)ccc3Cl)S/C2=C(/C#N)C(=O)NCc2ccccc2)cc1. The summed E-state index contributed by atoms with van der Waals surface area (Å²) in [5.74, 6) is -0.889. The van der Waals surface area contributed by atoms with E-state index < -0.39 is 28.8 Å². The Morgan fingerprint density at radius 2 is 1.77 bits per heavy atom. The largest absolute Gasteiger partial charge is 0.416 e. The summed E-state index contributed by atoms with van der Waals surface area (Å²) in [5.41, 5.74) is 1.30. The van der Waals surface area contributed by atoms with Crippen LogP contribution in [0.4, 0.5) is 18.9 Å². The van der Waals surface area contributed by atoms with Gasteiger partial charge in [-0.2, -0.15) is 18.4 Å². The lowest BCUT2D eigenvalue weighted by Gasteiger charge is -2.19. The van der Waals surface area contributed by atoms with Gasteiger partial charge < -0.3 is 5.32 Å². The van der Waals surface area contributed by atoms with Crippen molar-refractivity contribution in [1.82, 2.24) is 5.32 Å². The van der Waals surface area contributed by atoms with Gasteiger partial charge in [0, 0.05) is 17.3 Å². The van der Waals surface area contributed by atoms with Gasteiger partial charge in [-0.25, -0.2) is 0 Å². The molecule has 3 aromatic carbocycles. The molecular weight excluding hydrogens is 559 g/mol. The number of nitrogens with one attached hydrogen (secondary N) is 1. The Morgan fingerprint density at radius 3 is 2.38 bits per heavy atom. The van der Waals surface area contributed by atoms with Crippen molar-refractivity contribution in [3.63, 3.8) is 0 Å². The molecule has 1 saturated heterocycles. The number of halogens is 4. The third-order valence-electron chi connectivity index (χ3n) is 6.40. The number of anilines is 1. The fourth-order valence-electron chi connectivity index (χ4n) is 4.20. The molecule has 0 aromatic heterocycles. The van der Waals surface area contributed by atoms with E-state index in [0.717, 1.165) is 41.1 Å². The van der Waals surface area contributed by atoms with Crippen LogP contribution >= 0.6 is 23.4 Å². The second-order valence-corrected chi connectivity index (χ2v) is 11.1. The molecule has 40 heavy (non-hydrogen) atoms. The summed E-state index contributed by atoms with van der Waals surface area (Å²) < 4.78 is 40.0. The average molecular weight is 584 g/mol. The zero-order valence-corrected chi connectivity index (χ0v) is 23.2. The van der Waals surface area contributed by atoms with E-state index in [9.17, 15) is 28.0 Å². The Kier molecular flexibility index (Phi) is 8.92. The minimum atomic E-state index is -4.58. The number of carbonyl (C=O) groups excluding carboxylic acids is 2. The highest BCUT2D eigenvalue weighted by molar-refractivity contribution is 8.05. The number of benzene rings is 3. The first kappa shape index (κ1) is 29.2. The molecule has 206 valence electrons. The van der Waals surface area contributed by atoms with Crippen LogP contribution in [0.2, 0.25) is 5.02 Å². The molecule has 0 bridgehead atoms. The molecule has 1 heterocycles. The third-order valence-corrected chi connectivity index (χ3v) is 8.03. The fraction of sp³-hybridized carbons (Fsp3) is 0.233. The van der Waals surface area contributed by atoms with E-state index >= 15 is 0 Å². The molecule has 3 aromatic rings. The first-order valence-corrected chi connectivity index (χ1v) is 13.7. The molecule has 5 nitrogen and oxygen atoms in total. The summed E-state index contributed by atoms with van der Waals surface area (Å²) >= 11 is 7.18. The van der Waals surface area contributed by atoms with Crippen LogP contribution in [0.1, 0.15) is 42.0 Å². The highest BCUT2D eigenvalue weighted by atomic mass is 35.5. The summed E-state index contributed by atoms with van der Waals surface area (Å²) in [7, 11) is 0. The number of amides is 2. The Bertz CT molecular complexity index is 1480. The van der Waals surface area contributed by atoms with Crippen LogP contribution in [-0.2, 0) is 28.7 Å². The Morgan fingerprint density at radius 1 is 1.10 bits per heavy atom. The van der Waals surface area contributed by atoms with Crippen LogP contribution < -0.4 is 10.2 Å². The second-order valence-electron chi connectivity index (χ2n) is 9.49. The van der Waals surface area contributed by atoms with Gasteiger partial charge in [-0.15, -0.1) is 0 Å². The average Bonchev–Trinajstić information content (AvgIpc) is 3.24. The predicted molar refractivity (Wildman–Crippen MR) is 150 cm³/mol. The normalized spacial score (nSPS) is 16.7. The minimum Gasteiger partial charge on any atom is -0.347 e. The first-order valence-electron chi connectivity index (χ1n) is 12.4. The van der Waals surface area contributed by atoms with E-state index in [0.29, 0.717) is 5.69 Å². The molecule has 1 aliphatic rings. The van der Waals surface area contributed by atoms with Crippen molar-refractivity contribution in [2.75, 3.05) is 4.90 Å². The van der Waals surface area contributed by atoms with Crippen LogP contribution in [0.5, 0.6) is 0 Å². The van der Waals surface area contributed by atoms with Crippen LogP contribution in [-0.4, -0.2) is 17.1 Å². The van der Waals surface area contributed by atoms with Gasteiger partial charge >= 0.3 is 6.18 Å². The van der Waals surface area contributed by atoms with Gasteiger partial charge in [0.05, 0.1) is 10.8 Å². The lowest BCUT2D eigenvalue weighted by molar-refractivity contribution is -0.137. The van der Waals surface area contributed by atoms with Gasteiger partial charge in [0.25, 0.3) is 5.91 Å². The summed E-state index contributed by atoms with van der Waals surface area (Å²) in [6.45, 7) is 4.22. The predicted octanol–water partition coefficient (Wildman–Crippen LogP) is 7.22. The molecular formula is C30H25ClF3N3O2S. The standard InChI is InChI=1S/C30H25ClF3N3O2S/c1-18(2)20-8-11-23(12-9-20)37-28(39)26(15-21-14-22(30(32,33)34)10-13-25(21)31)40-29(37)24(16-35)27(38)36-17-19-6-4-3-5-7-19/h3-14,18,26H,15,17H2,1-2H3,(H,36,38)/b29-24-. The molecule has 1 atom stereocenters. The number of rotatable bonds is 7. The molecule has 1 N–H and O–H groups in total. The van der Waals surface area contributed by atoms with Crippen LogP contribution in [0, 0.1) is 11.3 Å². The molecule has 4 rings (SSSR count). The lowest BCUT2D eigenvalue weighted by atomic mass is 10.0. The van der Waals surface area contributed by atoms with Crippen molar-refractivity contribution in [3.05, 3.63) is 111 Å². The highest BCUT2D eigenvalue weighted by Gasteiger charge is 2.41. The van der Waals surface area contributed by atoms with E-state index in [4.69, 9.17) is 11.6 Å². The third kappa shape index (κ3) is 6.52. The zero-order chi connectivity index (χ0) is 29.0. The zero-order valence-electron chi connectivity index (χ0n) is 21.6. The molecule has 10 heteroatoms. The molecule has 0 radical (unpaired) electrons. The van der Waals surface area contributed by atoms with E-state index in [1.807, 2.05) is 62.4 Å². The van der Waals surface area contributed by atoms with Crippen LogP contribution in [0.15, 0.2) is 83.4 Å². The van der Waals surface area contributed by atoms with Crippen molar-refractivity contribution >= 4 is 40.9 Å². The van der Waals surface area contributed by atoms with Crippen LogP contribution in [0.3, 0.4) is 0 Å². The molecule has 0 spiro atoms. The van der Waals surface area contributed by atoms with E-state index in [-0.39, 0.29) is 40.1 Å². The molecule has 0 saturated carbocycles. The number of thioether (sulfide) groups is 1. The van der Waals surface area contributed by atoms with Gasteiger partial charge in [-0.05, 0) is 59.4 Å². The maximum absolute atomic E-state index is 13.7. The van der Waals surface area contributed by atoms with Gasteiger partial charge in [0.15, 0.2) is 0 Å². The molecule has 1 unspecified atom stereocenters. The number of hydrogen-bond acceptors (Lipinski definition) is 4. The number of nitrogens with zero attached hydrogens (tertiary/aromatic N) is 2. The minimum absolute atomic E-state index is 0.0905. The van der Waals surface area contributed by atoms with Gasteiger partial charge in [-0.3, -0.25) is 14.5 Å². The van der Waals surface area contributed by atoms with Gasteiger partial charge in [0.1, 0.15) is 16.7 Å². The fourth-order valence-corrected chi connectivity index (χ4v) is 5.69. The molecule has 0 aliphatic carbocycles. The van der Waals surface area contributed by atoms with Crippen LogP contribution in [0.25, 0.3) is 0 Å². The number of nitriles is 1. The Labute approximate surface area is 239 Å². The van der Waals surface area contributed by atoms with E-state index in [1.54, 1.807) is 12.1 Å². The molecule has 1 aliphatic heterocycles. The van der Waals surface area contributed by atoms with Gasteiger partial charge in [0.2, 0.25) is 5.91 Å². The van der Waals surface area contributed by atoms with E-state index in [1.165, 1.54) is 4.90 Å². The highest BCUT2D eigenvalue weighted by Crippen LogP contribution is 2.43. The number of hydrogen-bond donors (Lipinski definition) is 1. The van der Waals surface area contributed by atoms with Crippen molar-refractivity contribution in [2.24, 2.45) is 0 Å². The maximum atomic E-state index is 13.7. The number of carbonyl (C=O) groups is 2. The smallest absolute Gasteiger partial charge is 0.347 e. The number of alkyl halides is 3. The van der Waals surface area contributed by atoms with Crippen molar-refractivity contribution in [3.8, 4) is 6.07 Å². The monoisotopic (exact) mass is 583 g/mol. The van der Waals surface area contributed by atoms with Crippen molar-refractivity contribution < 1.29 is 22.8 Å². The summed E-state index contributed by atoms with van der Waals surface area (Å²) in [6.07, 6.45) is -4.70. The second kappa shape index (κ2) is 12.2. The topological polar surface area (TPSA) is 73.2 Å². The molecule has 2 amide bonds. The first-order chi connectivity index (χ1) is 19.0. The quantitative estimate of drug-likeness (QED) is 0.235. The Hall–Kier alpha value is -3.74. The molecule has 1 fully saturated rings. The lowest BCUT2D eigenvalue weighted by Crippen LogP contribution is -2.32.